The highest BCUT2D eigenvalue weighted by molar-refractivity contribution is 5.92. The molecule has 0 spiro atoms. The van der Waals surface area contributed by atoms with Crippen molar-refractivity contribution in [1.82, 2.24) is 9.80 Å². The molecule has 0 saturated carbocycles. The van der Waals surface area contributed by atoms with Gasteiger partial charge in [-0.1, -0.05) is 30.3 Å². The lowest BCUT2D eigenvalue weighted by Gasteiger charge is -2.47. The predicted octanol–water partition coefficient (Wildman–Crippen LogP) is 2.78. The van der Waals surface area contributed by atoms with Crippen LogP contribution in [-0.2, 0) is 20.9 Å². The quantitative estimate of drug-likeness (QED) is 0.744. The average Bonchev–Trinajstić information content (AvgIpc) is 2.73. The Morgan fingerprint density at radius 3 is 2.46 bits per heavy atom. The standard InChI is InChI=1S/C20H26N4O4/c1-21-22-18(26)20(24-12-6-5-9-17(24)25)10-13-23(14-11-20)19(27)28-15-16-7-3-2-4-8-16/h2-4,7-8H,5-6,9-15H2,1H3/b22-21+. The summed E-state index contributed by atoms with van der Waals surface area (Å²) in [5.41, 5.74) is -0.0904. The second kappa shape index (κ2) is 8.95. The molecular formula is C20H26N4O4. The van der Waals surface area contributed by atoms with Crippen LogP contribution >= 0.6 is 0 Å². The van der Waals surface area contributed by atoms with Crippen LogP contribution in [0.4, 0.5) is 4.79 Å². The van der Waals surface area contributed by atoms with Gasteiger partial charge in [-0.2, -0.15) is 5.11 Å². The van der Waals surface area contributed by atoms with Gasteiger partial charge in [0.15, 0.2) is 0 Å². The minimum Gasteiger partial charge on any atom is -0.445 e. The van der Waals surface area contributed by atoms with Crippen LogP contribution in [0.25, 0.3) is 0 Å². The van der Waals surface area contributed by atoms with Crippen LogP contribution in [0.15, 0.2) is 40.6 Å². The van der Waals surface area contributed by atoms with E-state index in [2.05, 4.69) is 10.2 Å². The summed E-state index contributed by atoms with van der Waals surface area (Å²) in [6.45, 7) is 1.42. The number of ether oxygens (including phenoxy) is 1. The van der Waals surface area contributed by atoms with E-state index in [9.17, 15) is 14.4 Å². The molecule has 2 aliphatic heterocycles. The molecule has 0 atom stereocenters. The van der Waals surface area contributed by atoms with Crippen LogP contribution in [0, 0.1) is 0 Å². The van der Waals surface area contributed by atoms with E-state index in [0.29, 0.717) is 38.9 Å². The molecule has 1 aromatic carbocycles. The van der Waals surface area contributed by atoms with Crippen LogP contribution in [0.5, 0.6) is 0 Å². The van der Waals surface area contributed by atoms with E-state index in [1.54, 1.807) is 9.80 Å². The number of carbonyl (C=O) groups is 3. The molecule has 2 heterocycles. The Balaban J connectivity index is 1.65. The first-order valence-electron chi connectivity index (χ1n) is 9.67. The van der Waals surface area contributed by atoms with Crippen molar-refractivity contribution in [3.05, 3.63) is 35.9 Å². The number of nitrogens with zero attached hydrogens (tertiary/aromatic N) is 4. The summed E-state index contributed by atoms with van der Waals surface area (Å²) < 4.78 is 5.39. The van der Waals surface area contributed by atoms with Gasteiger partial charge in [-0.05, 0) is 31.2 Å². The Labute approximate surface area is 164 Å². The van der Waals surface area contributed by atoms with Gasteiger partial charge in [-0.25, -0.2) is 4.79 Å². The van der Waals surface area contributed by atoms with Gasteiger partial charge in [-0.3, -0.25) is 9.59 Å². The minimum absolute atomic E-state index is 0.0222. The number of benzene rings is 1. The number of hydrogen-bond donors (Lipinski definition) is 0. The first-order valence-corrected chi connectivity index (χ1v) is 9.67. The Kier molecular flexibility index (Phi) is 6.38. The minimum atomic E-state index is -1.01. The molecule has 1 aromatic rings. The van der Waals surface area contributed by atoms with Gasteiger partial charge in [0.05, 0.1) is 0 Å². The first kappa shape index (κ1) is 20.0. The van der Waals surface area contributed by atoms with Crippen molar-refractivity contribution in [1.29, 1.82) is 0 Å². The molecule has 8 nitrogen and oxygen atoms in total. The lowest BCUT2D eigenvalue weighted by Crippen LogP contribution is -2.62. The van der Waals surface area contributed by atoms with E-state index in [-0.39, 0.29) is 12.5 Å². The van der Waals surface area contributed by atoms with Gasteiger partial charge in [0.2, 0.25) is 5.91 Å². The molecule has 0 aliphatic carbocycles. The summed E-state index contributed by atoms with van der Waals surface area (Å²) in [5.74, 6) is -0.423. The number of amides is 3. The van der Waals surface area contributed by atoms with E-state index in [0.717, 1.165) is 18.4 Å². The Bertz CT molecular complexity index is 742. The van der Waals surface area contributed by atoms with Crippen molar-refractivity contribution >= 4 is 17.9 Å². The number of piperidine rings is 2. The molecular weight excluding hydrogens is 360 g/mol. The summed E-state index contributed by atoms with van der Waals surface area (Å²) in [7, 11) is 1.44. The van der Waals surface area contributed by atoms with Crippen molar-refractivity contribution in [3.63, 3.8) is 0 Å². The average molecular weight is 386 g/mol. The molecule has 3 amide bonds. The van der Waals surface area contributed by atoms with Gasteiger partial charge < -0.3 is 14.5 Å². The normalized spacial score (nSPS) is 19.7. The third-order valence-corrected chi connectivity index (χ3v) is 5.48. The number of rotatable bonds is 4. The molecule has 150 valence electrons. The Morgan fingerprint density at radius 2 is 1.82 bits per heavy atom. The van der Waals surface area contributed by atoms with Gasteiger partial charge >= 0.3 is 6.09 Å². The third kappa shape index (κ3) is 4.21. The second-order valence-electron chi connectivity index (χ2n) is 7.17. The van der Waals surface area contributed by atoms with Gasteiger partial charge in [0, 0.05) is 33.1 Å². The first-order chi connectivity index (χ1) is 13.6. The van der Waals surface area contributed by atoms with Crippen LogP contribution in [-0.4, -0.2) is 59.9 Å². The highest BCUT2D eigenvalue weighted by atomic mass is 16.6. The van der Waals surface area contributed by atoms with Crippen LogP contribution in [0.1, 0.15) is 37.7 Å². The zero-order chi connectivity index (χ0) is 20.0. The summed E-state index contributed by atoms with van der Waals surface area (Å²) in [6.07, 6.45) is 2.43. The van der Waals surface area contributed by atoms with Crippen molar-refractivity contribution < 1.29 is 19.1 Å². The zero-order valence-electron chi connectivity index (χ0n) is 16.2. The van der Waals surface area contributed by atoms with Gasteiger partial charge in [-0.15, -0.1) is 5.11 Å². The van der Waals surface area contributed by atoms with Crippen molar-refractivity contribution in [3.8, 4) is 0 Å². The number of hydrogen-bond acceptors (Lipinski definition) is 5. The highest BCUT2D eigenvalue weighted by Gasteiger charge is 2.49. The van der Waals surface area contributed by atoms with E-state index in [1.165, 1.54) is 7.05 Å². The fourth-order valence-electron chi connectivity index (χ4n) is 3.91. The topological polar surface area (TPSA) is 91.6 Å². The van der Waals surface area contributed by atoms with Crippen molar-refractivity contribution in [2.24, 2.45) is 10.2 Å². The van der Waals surface area contributed by atoms with E-state index < -0.39 is 17.5 Å². The summed E-state index contributed by atoms with van der Waals surface area (Å²) >= 11 is 0. The number of likely N-dealkylation sites (tertiary alicyclic amines) is 2. The molecule has 2 saturated heterocycles. The molecule has 0 bridgehead atoms. The maximum atomic E-state index is 12.8. The van der Waals surface area contributed by atoms with Crippen molar-refractivity contribution in [2.75, 3.05) is 26.7 Å². The smallest absolute Gasteiger partial charge is 0.410 e. The van der Waals surface area contributed by atoms with E-state index >= 15 is 0 Å². The molecule has 2 fully saturated rings. The summed E-state index contributed by atoms with van der Waals surface area (Å²) in [6, 6.07) is 9.47. The Hall–Kier alpha value is -2.77. The molecule has 0 unspecified atom stereocenters. The third-order valence-electron chi connectivity index (χ3n) is 5.48. The predicted molar refractivity (Wildman–Crippen MR) is 102 cm³/mol. The summed E-state index contributed by atoms with van der Waals surface area (Å²) in [4.78, 5) is 40.9. The second-order valence-corrected chi connectivity index (χ2v) is 7.17. The molecule has 28 heavy (non-hydrogen) atoms. The van der Waals surface area contributed by atoms with Crippen LogP contribution < -0.4 is 0 Å². The maximum Gasteiger partial charge on any atom is 0.410 e. The molecule has 0 aromatic heterocycles. The van der Waals surface area contributed by atoms with Gasteiger partial charge in [0.25, 0.3) is 5.91 Å². The number of azo groups is 1. The number of carbonyl (C=O) groups excluding carboxylic acids is 3. The summed E-state index contributed by atoms with van der Waals surface area (Å²) in [5, 5.41) is 7.36. The fraction of sp³-hybridized carbons (Fsp3) is 0.550. The molecule has 0 N–H and O–H groups in total. The maximum absolute atomic E-state index is 12.8. The SMILES string of the molecule is C/N=N/C(=O)C1(N2CCCCC2=O)CCN(C(=O)OCc2ccccc2)CC1. The Morgan fingerprint density at radius 1 is 1.11 bits per heavy atom. The fourth-order valence-corrected chi connectivity index (χ4v) is 3.91. The molecule has 2 aliphatic rings. The van der Waals surface area contributed by atoms with Gasteiger partial charge in [0.1, 0.15) is 12.1 Å². The highest BCUT2D eigenvalue weighted by Crippen LogP contribution is 2.34. The van der Waals surface area contributed by atoms with Crippen molar-refractivity contribution in [2.45, 2.75) is 44.2 Å². The largest absolute Gasteiger partial charge is 0.445 e. The van der Waals surface area contributed by atoms with Crippen LogP contribution in [0.2, 0.25) is 0 Å². The molecule has 8 heteroatoms. The van der Waals surface area contributed by atoms with Crippen LogP contribution in [0.3, 0.4) is 0 Å². The monoisotopic (exact) mass is 386 g/mol. The molecule has 0 radical (unpaired) electrons. The molecule has 3 rings (SSSR count). The lowest BCUT2D eigenvalue weighted by atomic mass is 9.83. The van der Waals surface area contributed by atoms with E-state index in [4.69, 9.17) is 4.74 Å². The zero-order valence-corrected chi connectivity index (χ0v) is 16.2. The lowest BCUT2D eigenvalue weighted by molar-refractivity contribution is -0.151. The van der Waals surface area contributed by atoms with E-state index in [1.807, 2.05) is 30.3 Å².